The van der Waals surface area contributed by atoms with Crippen LogP contribution in [0.1, 0.15) is 58.5 Å². The number of ether oxygens (including phenoxy) is 2. The van der Waals surface area contributed by atoms with Crippen molar-refractivity contribution >= 4 is 55.0 Å². The predicted molar refractivity (Wildman–Crippen MR) is 213 cm³/mol. The first-order chi connectivity index (χ1) is 25.6. The number of carbonyl (C=O) groups is 2. The molecule has 0 unspecified atom stereocenters. The third kappa shape index (κ3) is 5.96. The number of rotatable bonds is 9. The maximum atomic E-state index is 13.6. The van der Waals surface area contributed by atoms with Crippen LogP contribution >= 0.6 is 0 Å². The van der Waals surface area contributed by atoms with Gasteiger partial charge in [0.1, 0.15) is 11.5 Å². The first kappa shape index (κ1) is 32.9. The number of benzene rings is 8. The number of fused-ring (bicyclic) bond motifs is 4. The molecule has 0 amide bonds. The van der Waals surface area contributed by atoms with E-state index in [1.807, 2.05) is 72.8 Å². The van der Waals surface area contributed by atoms with Crippen LogP contribution in [-0.4, -0.2) is 11.9 Å². The zero-order chi connectivity index (χ0) is 35.6. The van der Waals surface area contributed by atoms with Crippen LogP contribution < -0.4 is 9.47 Å². The first-order valence-electron chi connectivity index (χ1n) is 18.0. The van der Waals surface area contributed by atoms with E-state index in [-0.39, 0.29) is 0 Å². The summed E-state index contributed by atoms with van der Waals surface area (Å²) in [5.41, 5.74) is 5.51. The summed E-state index contributed by atoms with van der Waals surface area (Å²) in [6.07, 6.45) is 3.83. The molecule has 52 heavy (non-hydrogen) atoms. The number of aryl methyl sites for hydroxylation is 2. The fourth-order valence-corrected chi connectivity index (χ4v) is 7.47. The highest BCUT2D eigenvalue weighted by Gasteiger charge is 2.25. The van der Waals surface area contributed by atoms with Gasteiger partial charge in [0.2, 0.25) is 0 Å². The van der Waals surface area contributed by atoms with Crippen LogP contribution in [0.5, 0.6) is 11.5 Å². The molecule has 254 valence electrons. The van der Waals surface area contributed by atoms with Crippen LogP contribution in [0, 0.1) is 0 Å². The van der Waals surface area contributed by atoms with Gasteiger partial charge < -0.3 is 9.47 Å². The molecular formula is C48H38O4. The Morgan fingerprint density at radius 3 is 1.13 bits per heavy atom. The van der Waals surface area contributed by atoms with Gasteiger partial charge in [-0.2, -0.15) is 0 Å². The second kappa shape index (κ2) is 14.2. The summed E-state index contributed by atoms with van der Waals surface area (Å²) >= 11 is 0. The second-order valence-corrected chi connectivity index (χ2v) is 13.3. The molecule has 0 N–H and O–H groups in total. The van der Waals surface area contributed by atoms with Crippen molar-refractivity contribution in [2.75, 3.05) is 0 Å². The fourth-order valence-electron chi connectivity index (χ4n) is 7.47. The average Bonchev–Trinajstić information content (AvgIpc) is 3.19. The van der Waals surface area contributed by atoms with E-state index in [2.05, 4.69) is 62.4 Å². The molecule has 0 fully saturated rings. The van der Waals surface area contributed by atoms with Gasteiger partial charge >= 0.3 is 11.9 Å². The standard InChI is InChI=1S/C48H38O4/c1-3-15-31-25-27-39-41(29-31)43(35-21-11-13-23-37(35)45(39)51-47(49)33-17-7-5-8-18-33)44-36-22-12-14-24-38(36)46(52-48(50)34-19-9-6-10-20-34)40-28-26-32(16-4-2)30-42(40)44/h5-14,17-30H,3-4,15-16H2,1-2H3. The van der Waals surface area contributed by atoms with E-state index < -0.39 is 11.9 Å². The molecule has 4 nitrogen and oxygen atoms in total. The molecule has 0 spiro atoms. The maximum Gasteiger partial charge on any atom is 0.343 e. The third-order valence-corrected chi connectivity index (χ3v) is 9.81. The summed E-state index contributed by atoms with van der Waals surface area (Å²) in [6, 6.07) is 47.7. The van der Waals surface area contributed by atoms with E-state index in [0.717, 1.165) is 79.9 Å². The van der Waals surface area contributed by atoms with E-state index in [1.165, 1.54) is 11.1 Å². The molecule has 0 aliphatic heterocycles. The Hall–Kier alpha value is -6.26. The minimum Gasteiger partial charge on any atom is -0.422 e. The summed E-state index contributed by atoms with van der Waals surface area (Å²) in [6.45, 7) is 4.37. The van der Waals surface area contributed by atoms with Crippen molar-refractivity contribution in [3.05, 3.63) is 168 Å². The molecule has 0 aliphatic rings. The van der Waals surface area contributed by atoms with Crippen molar-refractivity contribution in [1.29, 1.82) is 0 Å². The van der Waals surface area contributed by atoms with Crippen molar-refractivity contribution in [3.63, 3.8) is 0 Å². The molecule has 0 saturated carbocycles. The molecule has 0 heterocycles. The number of esters is 2. The van der Waals surface area contributed by atoms with Crippen LogP contribution in [-0.2, 0) is 12.8 Å². The van der Waals surface area contributed by atoms with E-state index in [0.29, 0.717) is 22.6 Å². The molecule has 0 aromatic heterocycles. The minimum atomic E-state index is -0.401. The lowest BCUT2D eigenvalue weighted by molar-refractivity contribution is 0.0730. The van der Waals surface area contributed by atoms with E-state index in [1.54, 1.807) is 24.3 Å². The van der Waals surface area contributed by atoms with E-state index in [9.17, 15) is 9.59 Å². The predicted octanol–water partition coefficient (Wildman–Crippen LogP) is 12.3. The van der Waals surface area contributed by atoms with Gasteiger partial charge in [0.05, 0.1) is 11.1 Å². The van der Waals surface area contributed by atoms with Crippen LogP contribution in [0.25, 0.3) is 54.2 Å². The van der Waals surface area contributed by atoms with Gasteiger partial charge in [0, 0.05) is 21.5 Å². The molecular weight excluding hydrogens is 641 g/mol. The van der Waals surface area contributed by atoms with Crippen LogP contribution in [0.15, 0.2) is 146 Å². The van der Waals surface area contributed by atoms with Gasteiger partial charge in [0.25, 0.3) is 0 Å². The molecule has 8 aromatic carbocycles. The number of hydrogen-bond donors (Lipinski definition) is 0. The highest BCUT2D eigenvalue weighted by Crippen LogP contribution is 2.50. The average molecular weight is 679 g/mol. The Morgan fingerprint density at radius 1 is 0.404 bits per heavy atom. The monoisotopic (exact) mass is 678 g/mol. The maximum absolute atomic E-state index is 13.6. The highest BCUT2D eigenvalue weighted by atomic mass is 16.5. The van der Waals surface area contributed by atoms with Crippen molar-refractivity contribution in [2.45, 2.75) is 39.5 Å². The number of carbonyl (C=O) groups excluding carboxylic acids is 2. The lowest BCUT2D eigenvalue weighted by atomic mass is 9.84. The highest BCUT2D eigenvalue weighted by molar-refractivity contribution is 6.27. The Bertz CT molecular complexity index is 2440. The Morgan fingerprint density at radius 2 is 0.750 bits per heavy atom. The normalized spacial score (nSPS) is 11.3. The molecule has 0 atom stereocenters. The Balaban J connectivity index is 1.48. The van der Waals surface area contributed by atoms with Crippen molar-refractivity contribution in [3.8, 4) is 22.6 Å². The Labute approximate surface area is 303 Å². The quantitative estimate of drug-likeness (QED) is 0.0866. The van der Waals surface area contributed by atoms with E-state index >= 15 is 0 Å². The molecule has 0 bridgehead atoms. The zero-order valence-electron chi connectivity index (χ0n) is 29.3. The largest absolute Gasteiger partial charge is 0.422 e. The minimum absolute atomic E-state index is 0.401. The third-order valence-electron chi connectivity index (χ3n) is 9.81. The summed E-state index contributed by atoms with van der Waals surface area (Å²) in [5.74, 6) is 0.282. The fraction of sp³-hybridized carbons (Fsp3) is 0.125. The molecule has 0 aliphatic carbocycles. The summed E-state index contributed by atoms with van der Waals surface area (Å²) in [5, 5.41) is 7.36. The topological polar surface area (TPSA) is 52.6 Å². The summed E-state index contributed by atoms with van der Waals surface area (Å²) in [4.78, 5) is 27.3. The molecule has 0 radical (unpaired) electrons. The van der Waals surface area contributed by atoms with Gasteiger partial charge in [-0.1, -0.05) is 148 Å². The van der Waals surface area contributed by atoms with Crippen molar-refractivity contribution in [2.24, 2.45) is 0 Å². The van der Waals surface area contributed by atoms with Gasteiger partial charge in [0.15, 0.2) is 0 Å². The SMILES string of the molecule is CCCc1ccc2c(OC(=O)c3ccccc3)c3ccccc3c(-c3c4ccccc4c(OC(=O)c4ccccc4)c4ccc(CCC)cc34)c2c1. The van der Waals surface area contributed by atoms with Gasteiger partial charge in [-0.25, -0.2) is 9.59 Å². The van der Waals surface area contributed by atoms with Crippen molar-refractivity contribution in [1.82, 2.24) is 0 Å². The van der Waals surface area contributed by atoms with Gasteiger partial charge in [-0.15, -0.1) is 0 Å². The smallest absolute Gasteiger partial charge is 0.343 e. The van der Waals surface area contributed by atoms with Crippen LogP contribution in [0.4, 0.5) is 0 Å². The Kier molecular flexibility index (Phi) is 8.97. The first-order valence-corrected chi connectivity index (χ1v) is 18.0. The molecule has 4 heteroatoms. The van der Waals surface area contributed by atoms with E-state index in [4.69, 9.17) is 9.47 Å². The molecule has 8 rings (SSSR count). The molecule has 8 aromatic rings. The zero-order valence-corrected chi connectivity index (χ0v) is 29.3. The summed E-state index contributed by atoms with van der Waals surface area (Å²) in [7, 11) is 0. The van der Waals surface area contributed by atoms with Crippen LogP contribution in [0.2, 0.25) is 0 Å². The van der Waals surface area contributed by atoms with Crippen LogP contribution in [0.3, 0.4) is 0 Å². The lowest BCUT2D eigenvalue weighted by Crippen LogP contribution is -2.10. The number of hydrogen-bond acceptors (Lipinski definition) is 4. The van der Waals surface area contributed by atoms with Gasteiger partial charge in [-0.3, -0.25) is 0 Å². The summed E-state index contributed by atoms with van der Waals surface area (Å²) < 4.78 is 12.7. The lowest BCUT2D eigenvalue weighted by Gasteiger charge is -2.22. The van der Waals surface area contributed by atoms with Gasteiger partial charge in [-0.05, 0) is 80.9 Å². The van der Waals surface area contributed by atoms with Crippen molar-refractivity contribution < 1.29 is 19.1 Å². The second-order valence-electron chi connectivity index (χ2n) is 13.3. The molecule has 0 saturated heterocycles.